The van der Waals surface area contributed by atoms with Gasteiger partial charge in [-0.1, -0.05) is 23.2 Å². The van der Waals surface area contributed by atoms with Crippen molar-refractivity contribution in [1.29, 1.82) is 0 Å². The number of alkyl halides is 6. The molecule has 0 aliphatic heterocycles. The largest absolute Gasteiger partial charge is 0.416 e. The van der Waals surface area contributed by atoms with Crippen LogP contribution in [0.3, 0.4) is 0 Å². The number of aromatic nitrogens is 2. The Labute approximate surface area is 171 Å². The fourth-order valence-electron chi connectivity index (χ4n) is 2.15. The van der Waals surface area contributed by atoms with Gasteiger partial charge in [0.05, 0.1) is 21.8 Å². The summed E-state index contributed by atoms with van der Waals surface area (Å²) in [6, 6.07) is 1.20. The molecule has 0 aliphatic carbocycles. The van der Waals surface area contributed by atoms with Crippen LogP contribution in [0, 0.1) is 0 Å². The summed E-state index contributed by atoms with van der Waals surface area (Å²) in [7, 11) is -2.17. The van der Waals surface area contributed by atoms with E-state index in [0.717, 1.165) is 10.9 Å². The van der Waals surface area contributed by atoms with Crippen molar-refractivity contribution in [3.63, 3.8) is 0 Å². The van der Waals surface area contributed by atoms with Crippen molar-refractivity contribution in [2.24, 2.45) is 0 Å². The van der Waals surface area contributed by atoms with Crippen LogP contribution in [0.25, 0.3) is 5.69 Å². The minimum atomic E-state index is -4.92. The van der Waals surface area contributed by atoms with E-state index in [9.17, 15) is 26.0 Å². The number of sulfone groups is 1. The summed E-state index contributed by atoms with van der Waals surface area (Å²) in [6.07, 6.45) is -3.98. The zero-order valence-electron chi connectivity index (χ0n) is 13.3. The summed E-state index contributed by atoms with van der Waals surface area (Å²) in [5, 5.41) is 2.83. The summed E-state index contributed by atoms with van der Waals surface area (Å²) in [6.45, 7) is 0. The first kappa shape index (κ1) is 22.4. The van der Waals surface area contributed by atoms with Crippen LogP contribution in [0.4, 0.5) is 23.4 Å². The van der Waals surface area contributed by atoms with Crippen LogP contribution in [-0.4, -0.2) is 36.2 Å². The zero-order valence-corrected chi connectivity index (χ0v) is 17.2. The zero-order chi connectivity index (χ0) is 20.9. The third-order valence-electron chi connectivity index (χ3n) is 3.29. The number of nitrogens with zero attached hydrogens (tertiary/aromatic N) is 3. The Morgan fingerprint density at radius 3 is 1.93 bits per heavy atom. The van der Waals surface area contributed by atoms with E-state index >= 15 is 0 Å². The average Bonchev–Trinajstić information content (AvgIpc) is 2.89. The summed E-state index contributed by atoms with van der Waals surface area (Å²) in [5.74, 6) is -0.276. The second-order valence-corrected chi connectivity index (χ2v) is 9.88. The first-order chi connectivity index (χ1) is 12.1. The molecule has 0 atom stereocenters. The van der Waals surface area contributed by atoms with Gasteiger partial charge in [-0.15, -0.1) is 0 Å². The molecule has 150 valence electrons. The van der Waals surface area contributed by atoms with E-state index < -0.39 is 40.4 Å². The summed E-state index contributed by atoms with van der Waals surface area (Å²) >= 11 is 22.1. The van der Waals surface area contributed by atoms with Crippen molar-refractivity contribution in [1.82, 2.24) is 9.78 Å². The van der Waals surface area contributed by atoms with E-state index in [0.29, 0.717) is 12.1 Å². The Kier molecular flexibility index (Phi) is 5.91. The molecule has 0 fully saturated rings. The fraction of sp³-hybridized carbons (Fsp3) is 0.308. The number of hydrogen-bond donors (Lipinski definition) is 0. The lowest BCUT2D eigenvalue weighted by atomic mass is 10.2. The second kappa shape index (κ2) is 7.14. The quantitative estimate of drug-likeness (QED) is 0.444. The monoisotopic (exact) mass is 487 g/mol. The molecule has 1 heterocycles. The molecule has 2 aromatic rings. The van der Waals surface area contributed by atoms with Crippen molar-refractivity contribution in [3.05, 3.63) is 33.9 Å². The van der Waals surface area contributed by atoms with Gasteiger partial charge >= 0.3 is 10.1 Å². The highest BCUT2D eigenvalue weighted by Crippen LogP contribution is 2.42. The van der Waals surface area contributed by atoms with Gasteiger partial charge in [0.2, 0.25) is 9.84 Å². The van der Waals surface area contributed by atoms with E-state index in [4.69, 9.17) is 46.4 Å². The Morgan fingerprint density at radius 1 is 1.07 bits per heavy atom. The Balaban J connectivity index is 2.80. The molecule has 0 saturated heterocycles. The van der Waals surface area contributed by atoms with Crippen molar-refractivity contribution in [2.75, 3.05) is 19.0 Å². The van der Waals surface area contributed by atoms with E-state index in [1.807, 2.05) is 0 Å². The molecule has 0 radical (unpaired) electrons. The third kappa shape index (κ3) is 4.09. The second-order valence-electron chi connectivity index (χ2n) is 5.37. The van der Waals surface area contributed by atoms with Gasteiger partial charge in [0, 0.05) is 14.1 Å². The maximum atomic E-state index is 13.8. The van der Waals surface area contributed by atoms with Gasteiger partial charge in [-0.05, 0) is 35.3 Å². The maximum absolute atomic E-state index is 13.8. The lowest BCUT2D eigenvalue weighted by molar-refractivity contribution is -0.137. The van der Waals surface area contributed by atoms with Crippen LogP contribution in [-0.2, 0) is 16.0 Å². The summed E-state index contributed by atoms with van der Waals surface area (Å²) < 4.78 is 74.1. The molecule has 14 heteroatoms. The molecule has 0 unspecified atom stereocenters. The standard InChI is InChI=1S/C13H9Cl4F4N3O2S/c1-23(2)11-9(27(25,26)13(16,17)21)5-22-24(11)10-7(14)3-6(4-8(10)15)12(18,19)20/h3-5H,1-2H3. The van der Waals surface area contributed by atoms with Crippen LogP contribution in [0.2, 0.25) is 10.0 Å². The smallest absolute Gasteiger partial charge is 0.362 e. The SMILES string of the molecule is CN(C)c1c(S(=O)(=O)C(F)(Cl)Cl)cnn1-c1c(Cl)cc(C(F)(F)F)cc1Cl. The van der Waals surface area contributed by atoms with Gasteiger partial charge in [0.15, 0.2) is 5.82 Å². The first-order valence-electron chi connectivity index (χ1n) is 6.72. The first-order valence-corrected chi connectivity index (χ1v) is 9.72. The van der Waals surface area contributed by atoms with Gasteiger partial charge in [0.1, 0.15) is 10.6 Å². The third-order valence-corrected chi connectivity index (χ3v) is 6.56. The molecule has 5 nitrogen and oxygen atoms in total. The Bertz CT molecular complexity index is 961. The average molecular weight is 489 g/mol. The van der Waals surface area contributed by atoms with Crippen molar-refractivity contribution in [2.45, 2.75) is 15.0 Å². The molecule has 1 aromatic heterocycles. The van der Waals surface area contributed by atoms with Crippen molar-refractivity contribution < 1.29 is 26.0 Å². The van der Waals surface area contributed by atoms with E-state index in [2.05, 4.69) is 5.10 Å². The molecule has 27 heavy (non-hydrogen) atoms. The van der Waals surface area contributed by atoms with Crippen molar-refractivity contribution in [3.8, 4) is 5.69 Å². The molecule has 0 saturated carbocycles. The molecule has 0 amide bonds. The summed E-state index contributed by atoms with van der Waals surface area (Å²) in [4.78, 5) is 0.482. The van der Waals surface area contributed by atoms with Crippen molar-refractivity contribution >= 4 is 62.1 Å². The number of halogens is 8. The lowest BCUT2D eigenvalue weighted by Gasteiger charge is -2.20. The molecule has 2 rings (SSSR count). The molecule has 1 aromatic carbocycles. The Hall–Kier alpha value is -0.940. The van der Waals surface area contributed by atoms with Gasteiger partial charge in [-0.25, -0.2) is 13.1 Å². The minimum absolute atomic E-state index is 0.245. The van der Waals surface area contributed by atoms with Crippen LogP contribution in [0.1, 0.15) is 5.56 Å². The number of rotatable bonds is 4. The predicted molar refractivity (Wildman–Crippen MR) is 95.6 cm³/mol. The number of hydrogen-bond acceptors (Lipinski definition) is 4. The molecular formula is C13H9Cl4F4N3O2S. The van der Waals surface area contributed by atoms with E-state index in [1.165, 1.54) is 19.0 Å². The molecule has 0 N–H and O–H groups in total. The van der Waals surface area contributed by atoms with Crippen LogP contribution >= 0.6 is 46.4 Å². The molecule has 0 spiro atoms. The minimum Gasteiger partial charge on any atom is -0.362 e. The van der Waals surface area contributed by atoms with Gasteiger partial charge in [0.25, 0.3) is 0 Å². The normalized spacial score (nSPS) is 13.1. The van der Waals surface area contributed by atoms with Gasteiger partial charge in [-0.2, -0.15) is 22.7 Å². The van der Waals surface area contributed by atoms with Gasteiger partial charge in [-0.3, -0.25) is 0 Å². The molecule has 0 bridgehead atoms. The molecular weight excluding hydrogens is 480 g/mol. The van der Waals surface area contributed by atoms with E-state index in [-0.39, 0.29) is 11.5 Å². The van der Waals surface area contributed by atoms with Crippen LogP contribution in [0.5, 0.6) is 0 Å². The summed E-state index contributed by atoms with van der Waals surface area (Å²) in [5.41, 5.74) is -1.36. The molecule has 0 aliphatic rings. The van der Waals surface area contributed by atoms with Crippen LogP contribution in [0.15, 0.2) is 23.2 Å². The van der Waals surface area contributed by atoms with Crippen LogP contribution < -0.4 is 4.90 Å². The highest BCUT2D eigenvalue weighted by molar-refractivity contribution is 7.95. The topological polar surface area (TPSA) is 55.2 Å². The lowest BCUT2D eigenvalue weighted by Crippen LogP contribution is -2.24. The predicted octanol–water partition coefficient (Wildman–Crippen LogP) is 5.10. The van der Waals surface area contributed by atoms with Gasteiger partial charge < -0.3 is 4.90 Å². The number of benzene rings is 1. The highest BCUT2D eigenvalue weighted by Gasteiger charge is 2.45. The number of anilines is 1. The maximum Gasteiger partial charge on any atom is 0.416 e. The highest BCUT2D eigenvalue weighted by atomic mass is 35.5. The Morgan fingerprint density at radius 2 is 1.56 bits per heavy atom. The fourth-order valence-corrected chi connectivity index (χ4v) is 4.24. The van der Waals surface area contributed by atoms with E-state index in [1.54, 1.807) is 0 Å².